The van der Waals surface area contributed by atoms with Crippen LogP contribution in [0.1, 0.15) is 17.0 Å². The first-order valence-electron chi connectivity index (χ1n) is 7.89. The average Bonchev–Trinajstić information content (AvgIpc) is 3.19. The molecule has 1 aliphatic heterocycles. The normalized spacial score (nSPS) is 21.4. The van der Waals surface area contributed by atoms with Crippen molar-refractivity contribution < 1.29 is 9.52 Å². The lowest BCUT2D eigenvalue weighted by Crippen LogP contribution is -2.21. The van der Waals surface area contributed by atoms with Gasteiger partial charge in [0.15, 0.2) is 5.58 Å². The standard InChI is InChI=1S/C17H20N4O2/c1-10-3-4-16-14(5-10)18-17(23-16)21-8-12(15(22)9-21)7-13-6-11(2)19-20-13/h3-6,12,15,22H,7-9H2,1-2H3,(H,19,20). The Hall–Kier alpha value is -2.34. The second-order valence-electron chi connectivity index (χ2n) is 6.45. The molecule has 2 unspecified atom stereocenters. The number of aliphatic hydroxyl groups is 1. The lowest BCUT2D eigenvalue weighted by atomic mass is 10.0. The lowest BCUT2D eigenvalue weighted by Gasteiger charge is -2.12. The molecular formula is C17H20N4O2. The van der Waals surface area contributed by atoms with Crippen molar-refractivity contribution in [2.24, 2.45) is 5.92 Å². The van der Waals surface area contributed by atoms with Crippen LogP contribution in [0.15, 0.2) is 28.7 Å². The summed E-state index contributed by atoms with van der Waals surface area (Å²) >= 11 is 0. The first kappa shape index (κ1) is 14.3. The number of anilines is 1. The van der Waals surface area contributed by atoms with Crippen LogP contribution in [0.4, 0.5) is 6.01 Å². The fourth-order valence-electron chi connectivity index (χ4n) is 3.22. The van der Waals surface area contributed by atoms with Crippen LogP contribution in [0.25, 0.3) is 11.1 Å². The van der Waals surface area contributed by atoms with Crippen LogP contribution >= 0.6 is 0 Å². The highest BCUT2D eigenvalue weighted by atomic mass is 16.4. The van der Waals surface area contributed by atoms with Gasteiger partial charge in [0.25, 0.3) is 6.01 Å². The van der Waals surface area contributed by atoms with Gasteiger partial charge in [-0.15, -0.1) is 0 Å². The van der Waals surface area contributed by atoms with Gasteiger partial charge in [0.2, 0.25) is 0 Å². The van der Waals surface area contributed by atoms with Gasteiger partial charge in [0, 0.05) is 24.7 Å². The largest absolute Gasteiger partial charge is 0.423 e. The van der Waals surface area contributed by atoms with Crippen LogP contribution in [-0.4, -0.2) is 39.5 Å². The van der Waals surface area contributed by atoms with E-state index in [1.807, 2.05) is 43.0 Å². The molecule has 0 aliphatic carbocycles. The molecule has 6 heteroatoms. The highest BCUT2D eigenvalue weighted by Gasteiger charge is 2.34. The molecule has 1 saturated heterocycles. The summed E-state index contributed by atoms with van der Waals surface area (Å²) < 4.78 is 5.84. The van der Waals surface area contributed by atoms with Crippen molar-refractivity contribution in [3.05, 3.63) is 41.2 Å². The Morgan fingerprint density at radius 3 is 2.96 bits per heavy atom. The third-order valence-corrected chi connectivity index (χ3v) is 4.44. The Bertz CT molecular complexity index is 838. The fraction of sp³-hybridized carbons (Fsp3) is 0.412. The monoisotopic (exact) mass is 312 g/mol. The number of aromatic amines is 1. The average molecular weight is 312 g/mol. The third kappa shape index (κ3) is 2.70. The molecule has 1 aliphatic rings. The highest BCUT2D eigenvalue weighted by Crippen LogP contribution is 2.29. The Morgan fingerprint density at radius 2 is 2.17 bits per heavy atom. The van der Waals surface area contributed by atoms with E-state index in [1.54, 1.807) is 0 Å². The molecule has 0 amide bonds. The van der Waals surface area contributed by atoms with Gasteiger partial charge < -0.3 is 14.4 Å². The Balaban J connectivity index is 1.53. The first-order valence-corrected chi connectivity index (χ1v) is 7.89. The molecular weight excluding hydrogens is 292 g/mol. The van der Waals surface area contributed by atoms with E-state index in [-0.39, 0.29) is 5.92 Å². The van der Waals surface area contributed by atoms with E-state index < -0.39 is 6.10 Å². The summed E-state index contributed by atoms with van der Waals surface area (Å²) in [5.74, 6) is 0.134. The van der Waals surface area contributed by atoms with Crippen LogP contribution < -0.4 is 4.90 Å². The number of H-pyrrole nitrogens is 1. The molecule has 4 rings (SSSR count). The SMILES string of the molecule is Cc1ccc2oc(N3CC(O)C(Cc4cc(C)[nH]n4)C3)nc2c1. The Morgan fingerprint density at radius 1 is 1.30 bits per heavy atom. The van der Waals surface area contributed by atoms with Crippen LogP contribution in [0.5, 0.6) is 0 Å². The second-order valence-corrected chi connectivity index (χ2v) is 6.45. The van der Waals surface area contributed by atoms with Crippen LogP contribution in [0.3, 0.4) is 0 Å². The molecule has 1 fully saturated rings. The minimum atomic E-state index is -0.399. The van der Waals surface area contributed by atoms with Crippen molar-refractivity contribution in [3.8, 4) is 0 Å². The van der Waals surface area contributed by atoms with Gasteiger partial charge in [-0.25, -0.2) is 0 Å². The maximum Gasteiger partial charge on any atom is 0.298 e. The second kappa shape index (κ2) is 5.38. The molecule has 0 saturated carbocycles. The fourth-order valence-corrected chi connectivity index (χ4v) is 3.22. The van der Waals surface area contributed by atoms with Gasteiger partial charge in [0.1, 0.15) is 5.52 Å². The Kier molecular flexibility index (Phi) is 3.34. The molecule has 3 aromatic rings. The zero-order valence-corrected chi connectivity index (χ0v) is 13.3. The van der Waals surface area contributed by atoms with Gasteiger partial charge in [-0.2, -0.15) is 10.1 Å². The topological polar surface area (TPSA) is 78.2 Å². The van der Waals surface area contributed by atoms with Crippen molar-refractivity contribution in [3.63, 3.8) is 0 Å². The number of aliphatic hydroxyl groups excluding tert-OH is 1. The van der Waals surface area contributed by atoms with E-state index >= 15 is 0 Å². The number of fused-ring (bicyclic) bond motifs is 1. The molecule has 0 bridgehead atoms. The minimum Gasteiger partial charge on any atom is -0.423 e. The van der Waals surface area contributed by atoms with Gasteiger partial charge >= 0.3 is 0 Å². The summed E-state index contributed by atoms with van der Waals surface area (Å²) in [6, 6.07) is 8.58. The number of aryl methyl sites for hydroxylation is 2. The van der Waals surface area contributed by atoms with E-state index in [2.05, 4.69) is 15.2 Å². The predicted molar refractivity (Wildman–Crippen MR) is 87.5 cm³/mol. The number of nitrogens with zero attached hydrogens (tertiary/aromatic N) is 3. The van der Waals surface area contributed by atoms with Gasteiger partial charge in [0.05, 0.1) is 11.8 Å². The van der Waals surface area contributed by atoms with Crippen LogP contribution in [0.2, 0.25) is 0 Å². The zero-order valence-electron chi connectivity index (χ0n) is 13.3. The smallest absolute Gasteiger partial charge is 0.298 e. The van der Waals surface area contributed by atoms with Crippen LogP contribution in [0, 0.1) is 19.8 Å². The molecule has 120 valence electrons. The van der Waals surface area contributed by atoms with Crippen molar-refractivity contribution in [2.45, 2.75) is 26.4 Å². The van der Waals surface area contributed by atoms with E-state index in [0.29, 0.717) is 12.6 Å². The van der Waals surface area contributed by atoms with E-state index in [0.717, 1.165) is 41.0 Å². The molecule has 0 spiro atoms. The summed E-state index contributed by atoms with van der Waals surface area (Å²) in [7, 11) is 0. The quantitative estimate of drug-likeness (QED) is 0.775. The van der Waals surface area contributed by atoms with Gasteiger partial charge in [-0.1, -0.05) is 6.07 Å². The van der Waals surface area contributed by atoms with Gasteiger partial charge in [-0.3, -0.25) is 5.10 Å². The zero-order chi connectivity index (χ0) is 16.0. The number of rotatable bonds is 3. The molecule has 2 aromatic heterocycles. The van der Waals surface area contributed by atoms with Gasteiger partial charge in [-0.05, 0) is 44.0 Å². The van der Waals surface area contributed by atoms with Crippen molar-refractivity contribution in [2.75, 3.05) is 18.0 Å². The number of hydrogen-bond donors (Lipinski definition) is 2. The molecule has 1 aromatic carbocycles. The number of oxazole rings is 1. The molecule has 23 heavy (non-hydrogen) atoms. The summed E-state index contributed by atoms with van der Waals surface area (Å²) in [4.78, 5) is 6.58. The predicted octanol–water partition coefficient (Wildman–Crippen LogP) is 2.21. The number of β-amino-alcohol motifs (C(OH)–C–C–N with tert-alkyl or cyclic N) is 1. The van der Waals surface area contributed by atoms with Crippen molar-refractivity contribution >= 4 is 17.1 Å². The molecule has 0 radical (unpaired) electrons. The van der Waals surface area contributed by atoms with E-state index in [4.69, 9.17) is 4.42 Å². The van der Waals surface area contributed by atoms with E-state index in [1.165, 1.54) is 0 Å². The first-order chi connectivity index (χ1) is 11.1. The molecule has 2 N–H and O–H groups in total. The summed E-state index contributed by atoms with van der Waals surface area (Å²) in [6.07, 6.45) is 0.352. The summed E-state index contributed by atoms with van der Waals surface area (Å²) in [5, 5.41) is 17.6. The van der Waals surface area contributed by atoms with Crippen LogP contribution in [-0.2, 0) is 6.42 Å². The molecule has 6 nitrogen and oxygen atoms in total. The van der Waals surface area contributed by atoms with Crippen molar-refractivity contribution in [1.82, 2.24) is 15.2 Å². The number of aromatic nitrogens is 3. The summed E-state index contributed by atoms with van der Waals surface area (Å²) in [6.45, 7) is 5.28. The number of hydrogen-bond acceptors (Lipinski definition) is 5. The molecule has 2 atom stereocenters. The lowest BCUT2D eigenvalue weighted by molar-refractivity contribution is 0.147. The molecule has 3 heterocycles. The van der Waals surface area contributed by atoms with E-state index in [9.17, 15) is 5.11 Å². The maximum absolute atomic E-state index is 10.4. The highest BCUT2D eigenvalue weighted by molar-refractivity contribution is 5.75. The maximum atomic E-state index is 10.4. The number of nitrogens with one attached hydrogen (secondary N) is 1. The minimum absolute atomic E-state index is 0.134. The Labute approximate surface area is 134 Å². The number of benzene rings is 1. The third-order valence-electron chi connectivity index (χ3n) is 4.44. The summed E-state index contributed by atoms with van der Waals surface area (Å²) in [5.41, 5.74) is 4.83. The van der Waals surface area contributed by atoms with Crippen molar-refractivity contribution in [1.29, 1.82) is 0 Å².